The Hall–Kier alpha value is -1.13. The first kappa shape index (κ1) is 13.3. The maximum absolute atomic E-state index is 12.0. The van der Waals surface area contributed by atoms with Crippen molar-refractivity contribution in [1.82, 2.24) is 4.90 Å². The third-order valence-corrected chi connectivity index (χ3v) is 3.96. The van der Waals surface area contributed by atoms with Crippen LogP contribution < -0.4 is 5.73 Å². The minimum absolute atomic E-state index is 0.0710. The molecule has 1 saturated heterocycles. The number of amides is 1. The molecule has 96 valence electrons. The molecule has 1 aromatic carbocycles. The van der Waals surface area contributed by atoms with Crippen molar-refractivity contribution in [2.24, 2.45) is 11.7 Å². The van der Waals surface area contributed by atoms with Crippen LogP contribution in [0.2, 0.25) is 0 Å². The van der Waals surface area contributed by atoms with Gasteiger partial charge >= 0.3 is 0 Å². The predicted molar refractivity (Wildman–Crippen MR) is 76.9 cm³/mol. The second kappa shape index (κ2) is 6.16. The van der Waals surface area contributed by atoms with E-state index < -0.39 is 0 Å². The van der Waals surface area contributed by atoms with Crippen molar-refractivity contribution in [3.05, 3.63) is 40.4 Å². The van der Waals surface area contributed by atoms with Crippen molar-refractivity contribution in [3.63, 3.8) is 0 Å². The zero-order chi connectivity index (χ0) is 13.0. The van der Waals surface area contributed by atoms with Gasteiger partial charge in [0.15, 0.2) is 0 Å². The molecule has 18 heavy (non-hydrogen) atoms. The van der Waals surface area contributed by atoms with Crippen molar-refractivity contribution >= 4 is 27.9 Å². The summed E-state index contributed by atoms with van der Waals surface area (Å²) < 4.78 is 0.996. The van der Waals surface area contributed by atoms with E-state index in [0.717, 1.165) is 29.5 Å². The zero-order valence-electron chi connectivity index (χ0n) is 10.2. The molecule has 0 bridgehead atoms. The third kappa shape index (κ3) is 3.21. The smallest absolute Gasteiger partial charge is 0.246 e. The van der Waals surface area contributed by atoms with Gasteiger partial charge in [0, 0.05) is 23.6 Å². The van der Waals surface area contributed by atoms with Crippen LogP contribution in [0, 0.1) is 5.92 Å². The molecule has 1 unspecified atom stereocenters. The Morgan fingerprint density at radius 2 is 2.28 bits per heavy atom. The molecule has 0 spiro atoms. The van der Waals surface area contributed by atoms with E-state index >= 15 is 0 Å². The van der Waals surface area contributed by atoms with Crippen molar-refractivity contribution in [2.75, 3.05) is 19.6 Å². The molecule has 1 heterocycles. The summed E-state index contributed by atoms with van der Waals surface area (Å²) in [5.74, 6) is 0.535. The molecule has 1 fully saturated rings. The van der Waals surface area contributed by atoms with Gasteiger partial charge in [-0.1, -0.05) is 34.1 Å². The molecule has 2 rings (SSSR count). The highest BCUT2D eigenvalue weighted by atomic mass is 79.9. The number of carbonyl (C=O) groups excluding carboxylic acids is 1. The Kier molecular flexibility index (Phi) is 4.55. The van der Waals surface area contributed by atoms with Gasteiger partial charge in [-0.25, -0.2) is 0 Å². The molecular formula is C14H17BrN2O. The fourth-order valence-corrected chi connectivity index (χ4v) is 2.52. The number of benzene rings is 1. The molecule has 3 nitrogen and oxygen atoms in total. The highest BCUT2D eigenvalue weighted by Crippen LogP contribution is 2.18. The van der Waals surface area contributed by atoms with Gasteiger partial charge in [-0.2, -0.15) is 0 Å². The molecule has 1 amide bonds. The Morgan fingerprint density at radius 3 is 2.94 bits per heavy atom. The Morgan fingerprint density at radius 1 is 1.50 bits per heavy atom. The first-order chi connectivity index (χ1) is 8.70. The zero-order valence-corrected chi connectivity index (χ0v) is 11.8. The van der Waals surface area contributed by atoms with Crippen LogP contribution in [0.15, 0.2) is 34.8 Å². The first-order valence-electron chi connectivity index (χ1n) is 6.12. The molecular weight excluding hydrogens is 292 g/mol. The maximum Gasteiger partial charge on any atom is 0.246 e. The summed E-state index contributed by atoms with van der Waals surface area (Å²) in [4.78, 5) is 13.8. The van der Waals surface area contributed by atoms with E-state index in [1.807, 2.05) is 35.2 Å². The number of likely N-dealkylation sites (tertiary alicyclic amines) is 1. The van der Waals surface area contributed by atoms with Crippen molar-refractivity contribution in [3.8, 4) is 0 Å². The van der Waals surface area contributed by atoms with Crippen LogP contribution >= 0.6 is 15.9 Å². The third-order valence-electron chi connectivity index (χ3n) is 3.24. The van der Waals surface area contributed by atoms with Crippen molar-refractivity contribution in [2.45, 2.75) is 6.42 Å². The summed E-state index contributed by atoms with van der Waals surface area (Å²) in [6.07, 6.45) is 4.51. The number of rotatable bonds is 3. The Balaban J connectivity index is 1.98. The predicted octanol–water partition coefficient (Wildman–Crippen LogP) is 2.27. The monoisotopic (exact) mass is 308 g/mol. The van der Waals surface area contributed by atoms with Crippen LogP contribution in [-0.4, -0.2) is 30.4 Å². The second-order valence-corrected chi connectivity index (χ2v) is 5.38. The van der Waals surface area contributed by atoms with E-state index in [4.69, 9.17) is 5.73 Å². The minimum Gasteiger partial charge on any atom is -0.339 e. The quantitative estimate of drug-likeness (QED) is 0.871. The minimum atomic E-state index is 0.0710. The largest absolute Gasteiger partial charge is 0.339 e. The van der Waals surface area contributed by atoms with E-state index in [9.17, 15) is 4.79 Å². The van der Waals surface area contributed by atoms with Crippen molar-refractivity contribution in [1.29, 1.82) is 0 Å². The van der Waals surface area contributed by atoms with Gasteiger partial charge in [0.05, 0.1) is 0 Å². The standard InChI is InChI=1S/C14H17BrN2O/c15-13-4-2-1-3-12(13)5-6-14(18)17-8-7-11(9-16)10-17/h1-6,11H,7-10,16H2/b6-5+. The van der Waals surface area contributed by atoms with Crippen LogP contribution in [-0.2, 0) is 4.79 Å². The molecule has 2 N–H and O–H groups in total. The highest BCUT2D eigenvalue weighted by molar-refractivity contribution is 9.10. The molecule has 0 aliphatic carbocycles. The lowest BCUT2D eigenvalue weighted by atomic mass is 10.1. The number of carbonyl (C=O) groups is 1. The second-order valence-electron chi connectivity index (χ2n) is 4.53. The lowest BCUT2D eigenvalue weighted by Gasteiger charge is -2.13. The number of nitrogens with two attached hydrogens (primary N) is 1. The fraction of sp³-hybridized carbons (Fsp3) is 0.357. The Labute approximate surface area is 116 Å². The van der Waals surface area contributed by atoms with Gasteiger partial charge in [0.2, 0.25) is 5.91 Å². The molecule has 1 aliphatic rings. The lowest BCUT2D eigenvalue weighted by molar-refractivity contribution is -0.125. The normalized spacial score (nSPS) is 19.7. The van der Waals surface area contributed by atoms with Gasteiger partial charge in [0.1, 0.15) is 0 Å². The van der Waals surface area contributed by atoms with Crippen LogP contribution in [0.25, 0.3) is 6.08 Å². The average Bonchev–Trinajstić information content (AvgIpc) is 2.86. The molecule has 0 radical (unpaired) electrons. The number of halogens is 1. The summed E-state index contributed by atoms with van der Waals surface area (Å²) in [5.41, 5.74) is 6.63. The maximum atomic E-state index is 12.0. The number of hydrogen-bond donors (Lipinski definition) is 1. The van der Waals surface area contributed by atoms with Gasteiger partial charge in [-0.3, -0.25) is 4.79 Å². The van der Waals surface area contributed by atoms with Crippen LogP contribution in [0.1, 0.15) is 12.0 Å². The van der Waals surface area contributed by atoms with E-state index in [2.05, 4.69) is 15.9 Å². The van der Waals surface area contributed by atoms with E-state index in [1.54, 1.807) is 6.08 Å². The topological polar surface area (TPSA) is 46.3 Å². The molecule has 0 aromatic heterocycles. The van der Waals surface area contributed by atoms with Crippen LogP contribution in [0.5, 0.6) is 0 Å². The van der Waals surface area contributed by atoms with Gasteiger partial charge in [-0.15, -0.1) is 0 Å². The SMILES string of the molecule is NCC1CCN(C(=O)/C=C/c2ccccc2Br)C1. The average molecular weight is 309 g/mol. The molecule has 1 aliphatic heterocycles. The molecule has 0 saturated carbocycles. The molecule has 1 aromatic rings. The van der Waals surface area contributed by atoms with Gasteiger partial charge < -0.3 is 10.6 Å². The van der Waals surface area contributed by atoms with Crippen LogP contribution in [0.4, 0.5) is 0 Å². The summed E-state index contributed by atoms with van der Waals surface area (Å²) in [7, 11) is 0. The van der Waals surface area contributed by atoms with E-state index in [0.29, 0.717) is 12.5 Å². The number of nitrogens with zero attached hydrogens (tertiary/aromatic N) is 1. The van der Waals surface area contributed by atoms with E-state index in [-0.39, 0.29) is 5.91 Å². The first-order valence-corrected chi connectivity index (χ1v) is 6.91. The highest BCUT2D eigenvalue weighted by Gasteiger charge is 2.23. The van der Waals surface area contributed by atoms with E-state index in [1.165, 1.54) is 0 Å². The van der Waals surface area contributed by atoms with Crippen LogP contribution in [0.3, 0.4) is 0 Å². The summed E-state index contributed by atoms with van der Waals surface area (Å²) in [5, 5.41) is 0. The summed E-state index contributed by atoms with van der Waals surface area (Å²) >= 11 is 3.46. The van der Waals surface area contributed by atoms with Gasteiger partial charge in [-0.05, 0) is 36.6 Å². The van der Waals surface area contributed by atoms with Gasteiger partial charge in [0.25, 0.3) is 0 Å². The lowest BCUT2D eigenvalue weighted by Crippen LogP contribution is -2.28. The number of hydrogen-bond acceptors (Lipinski definition) is 2. The Bertz CT molecular complexity index is 459. The summed E-state index contributed by atoms with van der Waals surface area (Å²) in [6.45, 7) is 2.27. The molecule has 1 atom stereocenters. The fourth-order valence-electron chi connectivity index (χ4n) is 2.10. The summed E-state index contributed by atoms with van der Waals surface area (Å²) in [6, 6.07) is 7.84. The molecule has 4 heteroatoms. The van der Waals surface area contributed by atoms with Crippen molar-refractivity contribution < 1.29 is 4.79 Å².